The van der Waals surface area contributed by atoms with Gasteiger partial charge in [-0.25, -0.2) is 8.78 Å². The van der Waals surface area contributed by atoms with E-state index in [1.807, 2.05) is 0 Å². The molecule has 1 spiro atoms. The van der Waals surface area contributed by atoms with Gasteiger partial charge >= 0.3 is 0 Å². The highest BCUT2D eigenvalue weighted by atomic mass is 19.3. The summed E-state index contributed by atoms with van der Waals surface area (Å²) in [6, 6.07) is 0. The van der Waals surface area contributed by atoms with Crippen LogP contribution in [0.2, 0.25) is 0 Å². The van der Waals surface area contributed by atoms with Gasteiger partial charge in [-0.3, -0.25) is 9.59 Å². The molecule has 0 bridgehead atoms. The highest BCUT2D eigenvalue weighted by molar-refractivity contribution is 5.81. The molecular weight excluding hydrogens is 254 g/mol. The molecule has 6 heteroatoms. The van der Waals surface area contributed by atoms with Gasteiger partial charge in [0.05, 0.1) is 0 Å². The molecule has 4 nitrogen and oxygen atoms in total. The van der Waals surface area contributed by atoms with E-state index in [0.717, 1.165) is 12.8 Å². The quantitative estimate of drug-likeness (QED) is 0.778. The predicted molar refractivity (Wildman–Crippen MR) is 63.5 cm³/mol. The molecule has 0 aromatic heterocycles. The van der Waals surface area contributed by atoms with Gasteiger partial charge in [0.15, 0.2) is 0 Å². The Bertz CT molecular complexity index is 409. The lowest BCUT2D eigenvalue weighted by atomic mass is 9.76. The highest BCUT2D eigenvalue weighted by Gasteiger charge is 2.50. The lowest BCUT2D eigenvalue weighted by Gasteiger charge is -2.42. The van der Waals surface area contributed by atoms with Crippen molar-refractivity contribution in [2.45, 2.75) is 38.0 Å². The first-order valence-electron chi connectivity index (χ1n) is 6.83. The Morgan fingerprint density at radius 2 is 1.89 bits per heavy atom. The summed E-state index contributed by atoms with van der Waals surface area (Å²) in [5, 5.41) is 2.84. The Hall–Kier alpha value is -1.20. The molecule has 0 radical (unpaired) electrons. The number of nitrogens with zero attached hydrogens (tertiary/aromatic N) is 1. The van der Waals surface area contributed by atoms with Crippen LogP contribution in [0.4, 0.5) is 8.78 Å². The van der Waals surface area contributed by atoms with Crippen LogP contribution in [0.3, 0.4) is 0 Å². The molecule has 2 saturated heterocycles. The number of alkyl halides is 2. The molecule has 1 saturated carbocycles. The van der Waals surface area contributed by atoms with E-state index in [1.54, 1.807) is 4.90 Å². The third-order valence-electron chi connectivity index (χ3n) is 4.77. The maximum atomic E-state index is 12.8. The molecule has 0 aromatic carbocycles. The van der Waals surface area contributed by atoms with Crippen LogP contribution in [0.15, 0.2) is 0 Å². The van der Waals surface area contributed by atoms with Gasteiger partial charge < -0.3 is 10.2 Å². The average molecular weight is 272 g/mol. The topological polar surface area (TPSA) is 49.4 Å². The minimum atomic E-state index is -2.64. The highest BCUT2D eigenvalue weighted by Crippen LogP contribution is 2.44. The van der Waals surface area contributed by atoms with Crippen LogP contribution in [0.25, 0.3) is 0 Å². The number of nitrogens with one attached hydrogen (secondary N) is 1. The lowest BCUT2D eigenvalue weighted by Crippen LogP contribution is -2.50. The Kier molecular flexibility index (Phi) is 2.80. The van der Waals surface area contributed by atoms with Gasteiger partial charge in [-0.2, -0.15) is 0 Å². The number of hydrogen-bond donors (Lipinski definition) is 1. The van der Waals surface area contributed by atoms with Crippen molar-refractivity contribution in [3.05, 3.63) is 0 Å². The van der Waals surface area contributed by atoms with Gasteiger partial charge in [0, 0.05) is 44.8 Å². The molecule has 2 aliphatic heterocycles. The Balaban J connectivity index is 1.53. The number of carbonyl (C=O) groups excluding carboxylic acids is 2. The van der Waals surface area contributed by atoms with Crippen molar-refractivity contribution in [2.24, 2.45) is 11.3 Å². The second-order valence-corrected chi connectivity index (χ2v) is 6.24. The van der Waals surface area contributed by atoms with E-state index in [0.29, 0.717) is 26.1 Å². The van der Waals surface area contributed by atoms with Gasteiger partial charge in [0.25, 0.3) is 0 Å². The van der Waals surface area contributed by atoms with Crippen molar-refractivity contribution >= 4 is 11.8 Å². The Morgan fingerprint density at radius 3 is 2.37 bits per heavy atom. The third-order valence-corrected chi connectivity index (χ3v) is 4.77. The van der Waals surface area contributed by atoms with Crippen molar-refractivity contribution in [2.75, 3.05) is 19.6 Å². The molecule has 0 aromatic rings. The molecule has 3 aliphatic rings. The minimum absolute atomic E-state index is 0.00257. The number of hydrogen-bond acceptors (Lipinski definition) is 2. The first-order chi connectivity index (χ1) is 8.89. The summed E-state index contributed by atoms with van der Waals surface area (Å²) in [4.78, 5) is 25.0. The van der Waals surface area contributed by atoms with Crippen LogP contribution < -0.4 is 5.32 Å². The number of halogens is 2. The van der Waals surface area contributed by atoms with Crippen molar-refractivity contribution in [1.29, 1.82) is 0 Å². The summed E-state index contributed by atoms with van der Waals surface area (Å²) < 4.78 is 25.6. The summed E-state index contributed by atoms with van der Waals surface area (Å²) in [5.41, 5.74) is -0.00257. The van der Waals surface area contributed by atoms with Gasteiger partial charge in [-0.1, -0.05) is 0 Å². The normalized spacial score (nSPS) is 29.2. The monoisotopic (exact) mass is 272 g/mol. The van der Waals surface area contributed by atoms with Crippen LogP contribution in [0.5, 0.6) is 0 Å². The number of amides is 2. The van der Waals surface area contributed by atoms with Gasteiger partial charge in [-0.15, -0.1) is 0 Å². The van der Waals surface area contributed by atoms with E-state index in [-0.39, 0.29) is 30.1 Å². The van der Waals surface area contributed by atoms with Crippen molar-refractivity contribution < 1.29 is 18.4 Å². The largest absolute Gasteiger partial charge is 0.356 e. The minimum Gasteiger partial charge on any atom is -0.356 e. The standard InChI is InChI=1S/C13H18F2N2O2/c14-13(15)5-9(6-13)11(19)17-3-1-12(2-4-17)7-10(18)16-8-12/h9H,1-8H2,(H,16,18). The van der Waals surface area contributed by atoms with Crippen molar-refractivity contribution in [3.63, 3.8) is 0 Å². The van der Waals surface area contributed by atoms with Crippen LogP contribution in [0.1, 0.15) is 32.1 Å². The van der Waals surface area contributed by atoms with Gasteiger partial charge in [0.1, 0.15) is 0 Å². The fraction of sp³-hybridized carbons (Fsp3) is 0.846. The SMILES string of the molecule is O=C1CC2(CCN(C(=O)C3CC(F)(F)C3)CC2)CN1. The maximum absolute atomic E-state index is 12.8. The number of carbonyl (C=O) groups is 2. The summed E-state index contributed by atoms with van der Waals surface area (Å²) in [6.07, 6.45) is 1.53. The molecule has 1 N–H and O–H groups in total. The van der Waals surface area contributed by atoms with Crippen molar-refractivity contribution in [1.82, 2.24) is 10.2 Å². The number of piperidine rings is 1. The molecule has 0 unspecified atom stereocenters. The van der Waals surface area contributed by atoms with Gasteiger partial charge in [0.2, 0.25) is 17.7 Å². The summed E-state index contributed by atoms with van der Waals surface area (Å²) in [5.74, 6) is -3.18. The molecule has 3 fully saturated rings. The predicted octanol–water partition coefficient (Wildman–Crippen LogP) is 1.16. The third kappa shape index (κ3) is 2.32. The van der Waals surface area contributed by atoms with E-state index in [1.165, 1.54) is 0 Å². The van der Waals surface area contributed by atoms with Gasteiger partial charge in [-0.05, 0) is 18.3 Å². The van der Waals surface area contributed by atoms with E-state index in [4.69, 9.17) is 0 Å². The number of likely N-dealkylation sites (tertiary alicyclic amines) is 1. The smallest absolute Gasteiger partial charge is 0.249 e. The number of rotatable bonds is 1. The second kappa shape index (κ2) is 4.15. The van der Waals surface area contributed by atoms with E-state index in [9.17, 15) is 18.4 Å². The Labute approximate surface area is 110 Å². The molecule has 1 aliphatic carbocycles. The van der Waals surface area contributed by atoms with E-state index in [2.05, 4.69) is 5.32 Å². The fourth-order valence-electron chi connectivity index (χ4n) is 3.40. The fourth-order valence-corrected chi connectivity index (χ4v) is 3.40. The molecule has 2 heterocycles. The lowest BCUT2D eigenvalue weighted by molar-refractivity contribution is -0.161. The van der Waals surface area contributed by atoms with E-state index < -0.39 is 11.8 Å². The molecule has 106 valence electrons. The summed E-state index contributed by atoms with van der Waals surface area (Å²) in [7, 11) is 0. The van der Waals surface area contributed by atoms with Crippen molar-refractivity contribution in [3.8, 4) is 0 Å². The maximum Gasteiger partial charge on any atom is 0.249 e. The first kappa shape index (κ1) is 12.8. The summed E-state index contributed by atoms with van der Waals surface area (Å²) in [6.45, 7) is 1.88. The zero-order valence-electron chi connectivity index (χ0n) is 10.8. The molecule has 19 heavy (non-hydrogen) atoms. The first-order valence-corrected chi connectivity index (χ1v) is 6.83. The molecule has 3 rings (SSSR count). The molecule has 0 atom stereocenters. The average Bonchev–Trinajstić information content (AvgIpc) is 2.68. The second-order valence-electron chi connectivity index (χ2n) is 6.24. The summed E-state index contributed by atoms with van der Waals surface area (Å²) >= 11 is 0. The zero-order chi connectivity index (χ0) is 13.7. The molecular formula is C13H18F2N2O2. The Morgan fingerprint density at radius 1 is 1.26 bits per heavy atom. The van der Waals surface area contributed by atoms with Crippen LogP contribution in [-0.2, 0) is 9.59 Å². The molecule has 2 amide bonds. The van der Waals surface area contributed by atoms with Crippen LogP contribution >= 0.6 is 0 Å². The van der Waals surface area contributed by atoms with E-state index >= 15 is 0 Å². The van der Waals surface area contributed by atoms with Crippen LogP contribution in [-0.4, -0.2) is 42.3 Å². The van der Waals surface area contributed by atoms with Crippen LogP contribution in [0, 0.1) is 11.3 Å². The zero-order valence-corrected chi connectivity index (χ0v) is 10.8.